The van der Waals surface area contributed by atoms with E-state index in [4.69, 9.17) is 0 Å². The number of hydrogen-bond donors (Lipinski definition) is 1. The van der Waals surface area contributed by atoms with Crippen molar-refractivity contribution < 1.29 is 13.2 Å². The van der Waals surface area contributed by atoms with Crippen molar-refractivity contribution in [2.24, 2.45) is 0 Å². The van der Waals surface area contributed by atoms with E-state index >= 15 is 0 Å². The molecule has 0 bridgehead atoms. The Morgan fingerprint density at radius 2 is 1.92 bits per heavy atom. The number of nitrogens with one attached hydrogen (secondary N) is 1. The minimum atomic E-state index is -3.65. The number of carbonyl (C=O) groups is 1. The molecule has 2 aromatic rings. The molecule has 7 heteroatoms. The molecular formula is C18H19N3O3S. The van der Waals surface area contributed by atoms with Crippen molar-refractivity contribution in [1.29, 1.82) is 5.26 Å². The normalized spacial score (nSPS) is 10.9. The number of anilines is 1. The molecule has 1 N–H and O–H groups in total. The molecule has 0 heterocycles. The molecule has 0 fully saturated rings. The fourth-order valence-corrected chi connectivity index (χ4v) is 3.53. The number of nitriles is 1. The van der Waals surface area contributed by atoms with Crippen LogP contribution >= 0.6 is 0 Å². The first-order chi connectivity index (χ1) is 11.8. The first-order valence-corrected chi connectivity index (χ1v) is 9.17. The van der Waals surface area contributed by atoms with Crippen LogP contribution in [0.5, 0.6) is 0 Å². The summed E-state index contributed by atoms with van der Waals surface area (Å²) in [6.07, 6.45) is 0. The highest BCUT2D eigenvalue weighted by Crippen LogP contribution is 2.19. The number of sulfonamides is 1. The summed E-state index contributed by atoms with van der Waals surface area (Å²) < 4.78 is 27.1. The summed E-state index contributed by atoms with van der Waals surface area (Å²) in [5.74, 6) is -0.266. The fourth-order valence-electron chi connectivity index (χ4n) is 2.41. The van der Waals surface area contributed by atoms with Crippen molar-refractivity contribution in [3.8, 4) is 6.07 Å². The van der Waals surface area contributed by atoms with Crippen molar-refractivity contribution >= 4 is 21.6 Å². The summed E-state index contributed by atoms with van der Waals surface area (Å²) in [6.45, 7) is 3.35. The van der Waals surface area contributed by atoms with Gasteiger partial charge >= 0.3 is 0 Å². The molecule has 0 atom stereocenters. The van der Waals surface area contributed by atoms with E-state index in [9.17, 15) is 18.5 Å². The Hall–Kier alpha value is -2.69. The minimum absolute atomic E-state index is 0.0373. The zero-order valence-corrected chi connectivity index (χ0v) is 14.9. The van der Waals surface area contributed by atoms with Crippen molar-refractivity contribution in [2.45, 2.75) is 18.7 Å². The summed E-state index contributed by atoms with van der Waals surface area (Å²) in [5.41, 5.74) is 1.67. The lowest BCUT2D eigenvalue weighted by Crippen LogP contribution is -2.38. The Balaban J connectivity index is 2.13. The van der Waals surface area contributed by atoms with Gasteiger partial charge in [-0.1, -0.05) is 24.3 Å². The molecule has 0 radical (unpaired) electrons. The molecule has 1 amide bonds. The van der Waals surface area contributed by atoms with Gasteiger partial charge in [-0.15, -0.1) is 0 Å². The van der Waals surface area contributed by atoms with Gasteiger partial charge in [0, 0.05) is 20.0 Å². The average molecular weight is 357 g/mol. The van der Waals surface area contributed by atoms with Gasteiger partial charge in [-0.25, -0.2) is 13.1 Å². The van der Waals surface area contributed by atoms with Gasteiger partial charge in [0.2, 0.25) is 15.9 Å². The Kier molecular flexibility index (Phi) is 5.91. The van der Waals surface area contributed by atoms with E-state index in [0.29, 0.717) is 11.3 Å². The predicted octanol–water partition coefficient (Wildman–Crippen LogP) is 2.20. The van der Waals surface area contributed by atoms with Gasteiger partial charge in [0.05, 0.1) is 16.1 Å². The third-order valence-electron chi connectivity index (χ3n) is 3.62. The lowest BCUT2D eigenvalue weighted by Gasteiger charge is -2.22. The van der Waals surface area contributed by atoms with Crippen molar-refractivity contribution in [3.63, 3.8) is 0 Å². The Labute approximate surface area is 147 Å². The second-order valence-corrected chi connectivity index (χ2v) is 7.28. The van der Waals surface area contributed by atoms with Crippen molar-refractivity contribution in [1.82, 2.24) is 4.72 Å². The van der Waals surface area contributed by atoms with Crippen LogP contribution in [0.25, 0.3) is 0 Å². The van der Waals surface area contributed by atoms with Crippen LogP contribution in [-0.2, 0) is 14.8 Å². The van der Waals surface area contributed by atoms with Crippen LogP contribution in [-0.4, -0.2) is 27.4 Å². The van der Waals surface area contributed by atoms with E-state index in [1.54, 1.807) is 36.4 Å². The molecule has 0 unspecified atom stereocenters. The van der Waals surface area contributed by atoms with Gasteiger partial charge in [-0.2, -0.15) is 5.26 Å². The zero-order valence-electron chi connectivity index (χ0n) is 14.1. The highest BCUT2D eigenvalue weighted by molar-refractivity contribution is 7.89. The van der Waals surface area contributed by atoms with Gasteiger partial charge in [0.1, 0.15) is 6.07 Å². The number of nitrogens with zero attached hydrogens (tertiary/aromatic N) is 2. The maximum Gasteiger partial charge on any atom is 0.240 e. The molecule has 130 valence electrons. The topological polar surface area (TPSA) is 90.3 Å². The van der Waals surface area contributed by atoms with Gasteiger partial charge in [0.15, 0.2) is 0 Å². The number of aryl methyl sites for hydroxylation is 1. The third kappa shape index (κ3) is 4.66. The minimum Gasteiger partial charge on any atom is -0.310 e. The Morgan fingerprint density at radius 1 is 1.20 bits per heavy atom. The molecule has 0 aliphatic rings. The summed E-state index contributed by atoms with van der Waals surface area (Å²) in [5, 5.41) is 9.18. The summed E-state index contributed by atoms with van der Waals surface area (Å²) in [4.78, 5) is 13.5. The van der Waals surface area contributed by atoms with E-state index in [-0.39, 0.29) is 23.9 Å². The lowest BCUT2D eigenvalue weighted by atomic mass is 10.1. The molecule has 0 saturated carbocycles. The predicted molar refractivity (Wildman–Crippen MR) is 95.6 cm³/mol. The van der Waals surface area contributed by atoms with Crippen molar-refractivity contribution in [2.75, 3.05) is 18.0 Å². The van der Waals surface area contributed by atoms with E-state index < -0.39 is 10.0 Å². The van der Waals surface area contributed by atoms with Gasteiger partial charge < -0.3 is 4.90 Å². The smallest absolute Gasteiger partial charge is 0.240 e. The molecule has 25 heavy (non-hydrogen) atoms. The van der Waals surface area contributed by atoms with Crippen LogP contribution in [0.2, 0.25) is 0 Å². The number of carbonyl (C=O) groups excluding carboxylic acids is 1. The standard InChI is InChI=1S/C18H19N3O3S/c1-14-6-5-8-17(12-14)25(23,24)20-10-11-21(15(2)22)18-9-4-3-7-16(18)13-19/h3-9,12,20H,10-11H2,1-2H3. The maximum atomic E-state index is 12.3. The molecule has 0 aliphatic carbocycles. The highest BCUT2D eigenvalue weighted by atomic mass is 32.2. The molecule has 0 aliphatic heterocycles. The van der Waals surface area contributed by atoms with Crippen LogP contribution in [0, 0.1) is 18.3 Å². The van der Waals surface area contributed by atoms with E-state index in [1.807, 2.05) is 19.1 Å². The van der Waals surface area contributed by atoms with E-state index in [0.717, 1.165) is 5.56 Å². The second-order valence-electron chi connectivity index (χ2n) is 5.51. The Morgan fingerprint density at radius 3 is 2.56 bits per heavy atom. The maximum absolute atomic E-state index is 12.3. The SMILES string of the molecule is CC(=O)N(CCNS(=O)(=O)c1cccc(C)c1)c1ccccc1C#N. The number of amides is 1. The number of para-hydroxylation sites is 1. The molecular weight excluding hydrogens is 338 g/mol. The molecule has 6 nitrogen and oxygen atoms in total. The molecule has 0 saturated heterocycles. The van der Waals surface area contributed by atoms with Gasteiger partial charge in [-0.05, 0) is 36.8 Å². The van der Waals surface area contributed by atoms with Crippen molar-refractivity contribution in [3.05, 3.63) is 59.7 Å². The lowest BCUT2D eigenvalue weighted by molar-refractivity contribution is -0.116. The molecule has 2 rings (SSSR count). The first-order valence-electron chi connectivity index (χ1n) is 7.69. The fraction of sp³-hybridized carbons (Fsp3) is 0.222. The van der Waals surface area contributed by atoms with Crippen LogP contribution in [0.3, 0.4) is 0 Å². The summed E-state index contributed by atoms with van der Waals surface area (Å²) >= 11 is 0. The Bertz CT molecular complexity index is 917. The molecule has 0 aromatic heterocycles. The van der Waals surface area contributed by atoms with Gasteiger partial charge in [0.25, 0.3) is 0 Å². The second kappa shape index (κ2) is 7.92. The number of hydrogen-bond acceptors (Lipinski definition) is 4. The van der Waals surface area contributed by atoms with E-state index in [1.165, 1.54) is 17.9 Å². The van der Waals surface area contributed by atoms with Crippen LogP contribution in [0.1, 0.15) is 18.1 Å². The van der Waals surface area contributed by atoms with Crippen LogP contribution in [0.4, 0.5) is 5.69 Å². The monoisotopic (exact) mass is 357 g/mol. The van der Waals surface area contributed by atoms with Crippen LogP contribution in [0.15, 0.2) is 53.4 Å². The summed E-state index contributed by atoms with van der Waals surface area (Å²) in [7, 11) is -3.65. The third-order valence-corrected chi connectivity index (χ3v) is 5.08. The first kappa shape index (κ1) is 18.6. The number of rotatable bonds is 6. The molecule has 0 spiro atoms. The van der Waals surface area contributed by atoms with Crippen LogP contribution < -0.4 is 9.62 Å². The van der Waals surface area contributed by atoms with E-state index in [2.05, 4.69) is 4.72 Å². The quantitative estimate of drug-likeness (QED) is 0.858. The highest BCUT2D eigenvalue weighted by Gasteiger charge is 2.18. The number of benzene rings is 2. The average Bonchev–Trinajstić information content (AvgIpc) is 2.58. The largest absolute Gasteiger partial charge is 0.310 e. The zero-order chi connectivity index (χ0) is 18.4. The molecule has 2 aromatic carbocycles. The summed E-state index contributed by atoms with van der Waals surface area (Å²) in [6, 6.07) is 15.3. The van der Waals surface area contributed by atoms with Gasteiger partial charge in [-0.3, -0.25) is 4.79 Å².